The Morgan fingerprint density at radius 3 is 2.57 bits per heavy atom. The first kappa shape index (κ1) is 18.6. The monoisotopic (exact) mass is 376 g/mol. The lowest BCUT2D eigenvalue weighted by Crippen LogP contribution is -2.47. The van der Waals surface area contributed by atoms with Crippen molar-refractivity contribution < 1.29 is 4.74 Å². The van der Waals surface area contributed by atoms with Gasteiger partial charge in [-0.3, -0.25) is 4.79 Å². The molecule has 146 valence electrons. The maximum atomic E-state index is 12.0. The van der Waals surface area contributed by atoms with Gasteiger partial charge in [-0.1, -0.05) is 17.7 Å². The normalized spacial score (nSPS) is 24.5. The summed E-state index contributed by atoms with van der Waals surface area (Å²) in [5.41, 5.74) is 8.04. The van der Waals surface area contributed by atoms with E-state index in [0.717, 1.165) is 41.1 Å². The largest absolute Gasteiger partial charge is 0.497 e. The van der Waals surface area contributed by atoms with E-state index in [2.05, 4.69) is 62.3 Å². The van der Waals surface area contributed by atoms with Gasteiger partial charge in [0.1, 0.15) is 5.75 Å². The number of nitrogens with one attached hydrogen (secondary N) is 2. The number of aromatic amines is 1. The molecule has 0 aliphatic heterocycles. The van der Waals surface area contributed by atoms with E-state index >= 15 is 0 Å². The molecule has 1 heterocycles. The van der Waals surface area contributed by atoms with Crippen molar-refractivity contribution >= 4 is 5.69 Å². The van der Waals surface area contributed by atoms with E-state index in [-0.39, 0.29) is 11.1 Å². The Balaban J connectivity index is 1.94. The van der Waals surface area contributed by atoms with Crippen molar-refractivity contribution in [2.45, 2.75) is 46.1 Å². The van der Waals surface area contributed by atoms with Crippen molar-refractivity contribution in [1.82, 2.24) is 4.98 Å². The van der Waals surface area contributed by atoms with E-state index in [1.807, 2.05) is 6.07 Å². The van der Waals surface area contributed by atoms with Crippen LogP contribution in [0, 0.1) is 19.8 Å². The van der Waals surface area contributed by atoms with Crippen LogP contribution in [0.25, 0.3) is 0 Å². The lowest BCUT2D eigenvalue weighted by atomic mass is 9.63. The van der Waals surface area contributed by atoms with Gasteiger partial charge < -0.3 is 15.0 Å². The number of fused-ring (bicyclic) bond motifs is 4. The number of anilines is 1. The zero-order valence-corrected chi connectivity index (χ0v) is 17.3. The highest BCUT2D eigenvalue weighted by molar-refractivity contribution is 5.65. The van der Waals surface area contributed by atoms with Gasteiger partial charge in [0, 0.05) is 28.9 Å². The molecule has 2 aliphatic carbocycles. The molecule has 4 rings (SSSR count). The summed E-state index contributed by atoms with van der Waals surface area (Å²) in [4.78, 5) is 15.1. The second-order valence-corrected chi connectivity index (χ2v) is 8.13. The molecule has 0 spiro atoms. The summed E-state index contributed by atoms with van der Waals surface area (Å²) >= 11 is 0. The quantitative estimate of drug-likeness (QED) is 0.758. The van der Waals surface area contributed by atoms with E-state index < -0.39 is 0 Å². The summed E-state index contributed by atoms with van der Waals surface area (Å²) in [7, 11) is 1.70. The van der Waals surface area contributed by atoms with Crippen LogP contribution < -0.4 is 15.6 Å². The smallest absolute Gasteiger partial charge is 0.248 e. The Morgan fingerprint density at radius 2 is 1.93 bits per heavy atom. The fourth-order valence-corrected chi connectivity index (χ4v) is 5.14. The fraction of sp³-hybridized carbons (Fsp3) is 0.375. The van der Waals surface area contributed by atoms with Crippen LogP contribution in [0.1, 0.15) is 42.7 Å². The lowest BCUT2D eigenvalue weighted by molar-refractivity contribution is 0.413. The van der Waals surface area contributed by atoms with Crippen LogP contribution >= 0.6 is 0 Å². The number of allylic oxidation sites excluding steroid dienone is 2. The van der Waals surface area contributed by atoms with Crippen LogP contribution in [-0.2, 0) is 12.0 Å². The van der Waals surface area contributed by atoms with Crippen molar-refractivity contribution in [2.24, 2.45) is 5.92 Å². The van der Waals surface area contributed by atoms with Gasteiger partial charge in [-0.05, 0) is 75.4 Å². The number of methoxy groups -OCH3 is 1. The lowest BCUT2D eigenvalue weighted by Gasteiger charge is -2.49. The Labute approximate surface area is 166 Å². The average Bonchev–Trinajstić information content (AvgIpc) is 2.63. The van der Waals surface area contributed by atoms with Crippen LogP contribution in [0.15, 0.2) is 52.4 Å². The summed E-state index contributed by atoms with van der Waals surface area (Å²) in [6.07, 6.45) is 6.33. The average molecular weight is 377 g/mol. The molecule has 2 aliphatic rings. The molecule has 0 unspecified atom stereocenters. The molecule has 4 nitrogen and oxygen atoms in total. The maximum Gasteiger partial charge on any atom is 0.248 e. The standard InChI is InChI=1S/C24H28N2O2/c1-6-19-17-9-14(2)13-24(19,20-7-8-22(27)25-21(20)12-17)26-23-15(3)10-18(28-5)11-16(23)4/h6-11,17,26H,12-13H2,1-5H3,(H,25,27)/b19-6+/t17-,24+/m0/s1. The summed E-state index contributed by atoms with van der Waals surface area (Å²) in [5.74, 6) is 1.17. The third-order valence-corrected chi connectivity index (χ3v) is 6.20. The Morgan fingerprint density at radius 1 is 1.21 bits per heavy atom. The minimum atomic E-state index is -0.347. The van der Waals surface area contributed by atoms with Crippen molar-refractivity contribution in [3.8, 4) is 5.75 Å². The van der Waals surface area contributed by atoms with Gasteiger partial charge in [-0.25, -0.2) is 0 Å². The van der Waals surface area contributed by atoms with Crippen molar-refractivity contribution in [3.05, 3.63) is 80.3 Å². The van der Waals surface area contributed by atoms with Crippen LogP contribution in [-0.4, -0.2) is 12.1 Å². The van der Waals surface area contributed by atoms with Crippen LogP contribution in [0.4, 0.5) is 5.69 Å². The fourth-order valence-electron chi connectivity index (χ4n) is 5.14. The minimum absolute atomic E-state index is 0.0339. The van der Waals surface area contributed by atoms with Crippen molar-refractivity contribution in [1.29, 1.82) is 0 Å². The predicted octanol–water partition coefficient (Wildman–Crippen LogP) is 4.78. The molecule has 2 atom stereocenters. The molecule has 0 fully saturated rings. The Kier molecular flexibility index (Phi) is 4.45. The molecule has 2 bridgehead atoms. The Bertz CT molecular complexity index is 1040. The van der Waals surface area contributed by atoms with E-state index in [4.69, 9.17) is 4.74 Å². The molecule has 0 amide bonds. The Hall–Kier alpha value is -2.75. The molecule has 2 aromatic rings. The van der Waals surface area contributed by atoms with E-state index in [9.17, 15) is 4.79 Å². The van der Waals surface area contributed by atoms with Gasteiger partial charge in [0.15, 0.2) is 0 Å². The molecular weight excluding hydrogens is 348 g/mol. The van der Waals surface area contributed by atoms with Gasteiger partial charge in [-0.2, -0.15) is 0 Å². The van der Waals surface area contributed by atoms with Gasteiger partial charge in [0.05, 0.1) is 12.6 Å². The first-order valence-electron chi connectivity index (χ1n) is 9.88. The van der Waals surface area contributed by atoms with Gasteiger partial charge in [0.2, 0.25) is 5.56 Å². The molecule has 0 radical (unpaired) electrons. The summed E-state index contributed by atoms with van der Waals surface area (Å²) < 4.78 is 5.44. The molecule has 1 aromatic carbocycles. The maximum absolute atomic E-state index is 12.0. The van der Waals surface area contributed by atoms with E-state index in [1.54, 1.807) is 13.2 Å². The zero-order valence-electron chi connectivity index (χ0n) is 17.3. The first-order chi connectivity index (χ1) is 13.4. The summed E-state index contributed by atoms with van der Waals surface area (Å²) in [5, 5.41) is 3.93. The second kappa shape index (κ2) is 6.69. The molecule has 28 heavy (non-hydrogen) atoms. The number of H-pyrrole nitrogens is 1. The van der Waals surface area contributed by atoms with Gasteiger partial charge >= 0.3 is 0 Å². The highest BCUT2D eigenvalue weighted by atomic mass is 16.5. The third-order valence-electron chi connectivity index (χ3n) is 6.20. The zero-order chi connectivity index (χ0) is 20.1. The highest BCUT2D eigenvalue weighted by Gasteiger charge is 2.47. The van der Waals surface area contributed by atoms with Gasteiger partial charge in [0.25, 0.3) is 0 Å². The third kappa shape index (κ3) is 2.79. The molecular formula is C24H28N2O2. The summed E-state index contributed by atoms with van der Waals surface area (Å²) in [6.45, 7) is 8.56. The number of benzene rings is 1. The number of aromatic nitrogens is 1. The number of aryl methyl sites for hydroxylation is 2. The summed E-state index contributed by atoms with van der Waals surface area (Å²) in [6, 6.07) is 7.80. The molecule has 4 heteroatoms. The SMILES string of the molecule is C/C=C1\[C@H]2C=C(C)C[C@]1(Nc1c(C)cc(OC)cc1C)c1ccc(=O)[nH]c1C2. The second-order valence-electron chi connectivity index (χ2n) is 8.13. The van der Waals surface area contributed by atoms with E-state index in [0.29, 0.717) is 5.92 Å². The molecule has 0 saturated carbocycles. The van der Waals surface area contributed by atoms with Gasteiger partial charge in [-0.15, -0.1) is 0 Å². The van der Waals surface area contributed by atoms with Crippen molar-refractivity contribution in [2.75, 3.05) is 12.4 Å². The van der Waals surface area contributed by atoms with Crippen LogP contribution in [0.5, 0.6) is 5.75 Å². The number of ether oxygens (including phenoxy) is 1. The van der Waals surface area contributed by atoms with Crippen LogP contribution in [0.3, 0.4) is 0 Å². The minimum Gasteiger partial charge on any atom is -0.497 e. The predicted molar refractivity (Wildman–Crippen MR) is 114 cm³/mol. The van der Waals surface area contributed by atoms with E-state index in [1.165, 1.54) is 16.7 Å². The number of pyridine rings is 1. The topological polar surface area (TPSA) is 54.1 Å². The molecule has 2 N–H and O–H groups in total. The molecule has 0 saturated heterocycles. The van der Waals surface area contributed by atoms with Crippen LogP contribution in [0.2, 0.25) is 0 Å². The number of hydrogen-bond donors (Lipinski definition) is 2. The number of hydrogen-bond acceptors (Lipinski definition) is 3. The first-order valence-corrected chi connectivity index (χ1v) is 9.88. The number of rotatable bonds is 3. The van der Waals surface area contributed by atoms with Crippen molar-refractivity contribution in [3.63, 3.8) is 0 Å². The highest BCUT2D eigenvalue weighted by Crippen LogP contribution is 2.51. The molecule has 1 aromatic heterocycles.